The summed E-state index contributed by atoms with van der Waals surface area (Å²) in [4.78, 5) is 11.3. The van der Waals surface area contributed by atoms with Crippen molar-refractivity contribution in [2.45, 2.75) is 0 Å². The fourth-order valence-corrected chi connectivity index (χ4v) is 2.54. The Morgan fingerprint density at radius 3 is 2.58 bits per heavy atom. The van der Waals surface area contributed by atoms with E-state index >= 15 is 0 Å². The van der Waals surface area contributed by atoms with Crippen molar-refractivity contribution < 1.29 is 14.3 Å². The van der Waals surface area contributed by atoms with E-state index in [0.29, 0.717) is 33.8 Å². The smallest absolute Gasteiger partial charge is 0.336 e. The van der Waals surface area contributed by atoms with Gasteiger partial charge in [-0.25, -0.2) is 4.79 Å². The summed E-state index contributed by atoms with van der Waals surface area (Å²) in [7, 11) is 0. The van der Waals surface area contributed by atoms with Gasteiger partial charge >= 0.3 is 5.97 Å². The maximum atomic E-state index is 11.3. The lowest BCUT2D eigenvalue weighted by molar-refractivity contribution is 0.0697. The van der Waals surface area contributed by atoms with Crippen LogP contribution in [0.15, 0.2) is 65.1 Å². The van der Waals surface area contributed by atoms with E-state index in [1.54, 1.807) is 60.7 Å². The first kappa shape index (κ1) is 16.8. The fourth-order valence-electron chi connectivity index (χ4n) is 2.54. The van der Waals surface area contributed by atoms with Gasteiger partial charge in [0.1, 0.15) is 11.5 Å². The van der Waals surface area contributed by atoms with Gasteiger partial charge in [-0.05, 0) is 42.0 Å². The van der Waals surface area contributed by atoms with E-state index < -0.39 is 5.97 Å². The third-order valence-electron chi connectivity index (χ3n) is 3.76. The highest BCUT2D eigenvalue weighted by atomic mass is 16.4. The molecule has 0 aliphatic heterocycles. The first-order chi connectivity index (χ1) is 12.6. The largest absolute Gasteiger partial charge is 0.478 e. The summed E-state index contributed by atoms with van der Waals surface area (Å²) in [6.07, 6.45) is 1.56. The lowest BCUT2D eigenvalue weighted by Gasteiger charge is -2.02. The number of nitrogens with zero attached hydrogens (tertiary/aromatic N) is 2. The molecule has 5 nitrogen and oxygen atoms in total. The van der Waals surface area contributed by atoms with Crippen molar-refractivity contribution in [2.24, 2.45) is 0 Å². The summed E-state index contributed by atoms with van der Waals surface area (Å²) in [6, 6.07) is 20.7. The summed E-state index contributed by atoms with van der Waals surface area (Å²) in [5.74, 6) is -0.225. The molecule has 0 aliphatic rings. The number of hydrogen-bond acceptors (Lipinski definition) is 4. The van der Waals surface area contributed by atoms with Crippen molar-refractivity contribution in [1.29, 1.82) is 10.5 Å². The topological polar surface area (TPSA) is 98.0 Å². The first-order valence-electron chi connectivity index (χ1n) is 7.67. The van der Waals surface area contributed by atoms with Crippen LogP contribution >= 0.6 is 0 Å². The highest BCUT2D eigenvalue weighted by molar-refractivity contribution is 5.95. The van der Waals surface area contributed by atoms with Gasteiger partial charge in [0.2, 0.25) is 0 Å². The van der Waals surface area contributed by atoms with Crippen LogP contribution in [0, 0.1) is 22.7 Å². The number of benzene rings is 2. The molecule has 0 saturated carbocycles. The highest BCUT2D eigenvalue weighted by Crippen LogP contribution is 2.28. The standard InChI is InChI=1S/C21H12N2O3/c22-12-14-4-3-5-15(10-14)16(13-23)11-17-8-9-20(26-17)18-6-1-2-7-19(18)21(24)25/h1-11H,(H,24,25). The van der Waals surface area contributed by atoms with E-state index in [-0.39, 0.29) is 5.56 Å². The number of hydrogen-bond donors (Lipinski definition) is 1. The molecule has 0 aliphatic carbocycles. The minimum Gasteiger partial charge on any atom is -0.478 e. The number of furan rings is 1. The van der Waals surface area contributed by atoms with Crippen molar-refractivity contribution >= 4 is 17.6 Å². The molecule has 1 N–H and O–H groups in total. The van der Waals surface area contributed by atoms with Crippen molar-refractivity contribution in [2.75, 3.05) is 0 Å². The summed E-state index contributed by atoms with van der Waals surface area (Å²) in [5, 5.41) is 27.7. The van der Waals surface area contributed by atoms with Gasteiger partial charge < -0.3 is 9.52 Å². The molecular weight excluding hydrogens is 328 g/mol. The van der Waals surface area contributed by atoms with Crippen LogP contribution in [0.25, 0.3) is 23.0 Å². The Morgan fingerprint density at radius 1 is 1.04 bits per heavy atom. The SMILES string of the molecule is N#CC(=Cc1ccc(-c2ccccc2C(=O)O)o1)c1cccc(C#N)c1. The Bertz CT molecular complexity index is 1090. The lowest BCUT2D eigenvalue weighted by atomic mass is 10.0. The highest BCUT2D eigenvalue weighted by Gasteiger charge is 2.14. The molecule has 0 saturated heterocycles. The van der Waals surface area contributed by atoms with E-state index in [2.05, 4.69) is 6.07 Å². The van der Waals surface area contributed by atoms with Crippen LogP contribution in [0.5, 0.6) is 0 Å². The Morgan fingerprint density at radius 2 is 1.85 bits per heavy atom. The van der Waals surface area contributed by atoms with Gasteiger partial charge in [-0.15, -0.1) is 0 Å². The Balaban J connectivity index is 2.00. The third-order valence-corrected chi connectivity index (χ3v) is 3.76. The van der Waals surface area contributed by atoms with Crippen LogP contribution < -0.4 is 0 Å². The zero-order valence-electron chi connectivity index (χ0n) is 13.5. The molecule has 0 radical (unpaired) electrons. The number of allylic oxidation sites excluding steroid dienone is 1. The van der Waals surface area contributed by atoms with Crippen LogP contribution in [0.3, 0.4) is 0 Å². The Labute approximate surface area is 149 Å². The molecule has 0 bridgehead atoms. The van der Waals surface area contributed by atoms with E-state index in [1.165, 1.54) is 6.07 Å². The molecule has 0 fully saturated rings. The Hall–Kier alpha value is -4.09. The average molecular weight is 340 g/mol. The molecule has 5 heteroatoms. The second-order valence-corrected chi connectivity index (χ2v) is 5.42. The third kappa shape index (κ3) is 3.38. The van der Waals surface area contributed by atoms with Gasteiger partial charge in [0.15, 0.2) is 0 Å². The molecule has 2 aromatic carbocycles. The maximum Gasteiger partial charge on any atom is 0.336 e. The van der Waals surface area contributed by atoms with Crippen LogP contribution in [-0.2, 0) is 0 Å². The molecule has 0 atom stereocenters. The first-order valence-corrected chi connectivity index (χ1v) is 7.67. The summed E-state index contributed by atoms with van der Waals surface area (Å²) in [5.41, 5.74) is 2.01. The molecule has 3 rings (SSSR count). The van der Waals surface area contributed by atoms with E-state index in [1.807, 2.05) is 6.07 Å². The predicted octanol–water partition coefficient (Wildman–Crippen LogP) is 4.58. The van der Waals surface area contributed by atoms with E-state index in [4.69, 9.17) is 9.68 Å². The van der Waals surface area contributed by atoms with Crippen molar-refractivity contribution in [1.82, 2.24) is 0 Å². The average Bonchev–Trinajstić information content (AvgIpc) is 3.14. The summed E-state index contributed by atoms with van der Waals surface area (Å²) >= 11 is 0. The molecule has 3 aromatic rings. The number of carbonyl (C=O) groups is 1. The summed E-state index contributed by atoms with van der Waals surface area (Å²) in [6.45, 7) is 0. The van der Waals surface area contributed by atoms with Gasteiger partial charge in [0.25, 0.3) is 0 Å². The van der Waals surface area contributed by atoms with Crippen molar-refractivity contribution in [3.8, 4) is 23.5 Å². The molecule has 26 heavy (non-hydrogen) atoms. The van der Waals surface area contributed by atoms with Crippen molar-refractivity contribution in [3.05, 3.63) is 83.1 Å². The summed E-state index contributed by atoms with van der Waals surface area (Å²) < 4.78 is 5.72. The number of aromatic carboxylic acids is 1. The number of rotatable bonds is 4. The van der Waals surface area contributed by atoms with Gasteiger partial charge in [-0.2, -0.15) is 10.5 Å². The van der Waals surface area contributed by atoms with Crippen LogP contribution in [0.4, 0.5) is 0 Å². The normalized spacial score (nSPS) is 10.8. The van der Waals surface area contributed by atoms with Gasteiger partial charge in [-0.3, -0.25) is 0 Å². The second-order valence-electron chi connectivity index (χ2n) is 5.42. The number of nitriles is 2. The minimum absolute atomic E-state index is 0.139. The van der Waals surface area contributed by atoms with E-state index in [9.17, 15) is 15.2 Å². The Kier molecular flexibility index (Phi) is 4.65. The predicted molar refractivity (Wildman–Crippen MR) is 95.7 cm³/mol. The molecule has 0 spiro atoms. The van der Waals surface area contributed by atoms with Crippen LogP contribution in [0.2, 0.25) is 0 Å². The van der Waals surface area contributed by atoms with Crippen LogP contribution in [0.1, 0.15) is 27.2 Å². The molecular formula is C21H12N2O3. The van der Waals surface area contributed by atoms with E-state index in [0.717, 1.165) is 0 Å². The van der Waals surface area contributed by atoms with Gasteiger partial charge in [0, 0.05) is 5.56 Å². The molecule has 1 aromatic heterocycles. The number of carboxylic acids is 1. The van der Waals surface area contributed by atoms with Crippen molar-refractivity contribution in [3.63, 3.8) is 0 Å². The zero-order valence-corrected chi connectivity index (χ0v) is 13.5. The molecule has 0 unspecified atom stereocenters. The molecule has 0 amide bonds. The quantitative estimate of drug-likeness (QED) is 0.701. The van der Waals surface area contributed by atoms with Gasteiger partial charge in [-0.1, -0.05) is 30.3 Å². The lowest BCUT2D eigenvalue weighted by Crippen LogP contribution is -1.98. The maximum absolute atomic E-state index is 11.3. The monoisotopic (exact) mass is 340 g/mol. The second kappa shape index (κ2) is 7.21. The zero-order chi connectivity index (χ0) is 18.5. The molecule has 124 valence electrons. The fraction of sp³-hybridized carbons (Fsp3) is 0. The van der Waals surface area contributed by atoms with Gasteiger partial charge in [0.05, 0.1) is 28.8 Å². The minimum atomic E-state index is -1.04. The van der Waals surface area contributed by atoms with Crippen LogP contribution in [-0.4, -0.2) is 11.1 Å². The number of carboxylic acid groups (broad SMARTS) is 1. The molecule has 1 heterocycles.